The maximum atomic E-state index is 5.93. The third-order valence-corrected chi connectivity index (χ3v) is 3.86. The lowest BCUT2D eigenvalue weighted by molar-refractivity contribution is 0.314. The molecular weight excluding hydrogens is 236 g/mol. The second kappa shape index (κ2) is 7.51. The van der Waals surface area contributed by atoms with E-state index in [4.69, 9.17) is 10.5 Å². The van der Waals surface area contributed by atoms with Crippen molar-refractivity contribution in [3.05, 3.63) is 29.8 Å². The van der Waals surface area contributed by atoms with Gasteiger partial charge in [0.2, 0.25) is 0 Å². The van der Waals surface area contributed by atoms with E-state index in [-0.39, 0.29) is 0 Å². The van der Waals surface area contributed by atoms with Crippen LogP contribution in [0.1, 0.15) is 38.2 Å². The molecule has 1 aromatic carbocycles. The monoisotopic (exact) mass is 262 g/mol. The van der Waals surface area contributed by atoms with E-state index in [1.165, 1.54) is 31.2 Å². The molecule has 0 spiro atoms. The fourth-order valence-electron chi connectivity index (χ4n) is 2.72. The van der Waals surface area contributed by atoms with Crippen LogP contribution in [-0.2, 0) is 6.54 Å². The van der Waals surface area contributed by atoms with E-state index in [2.05, 4.69) is 23.5 Å². The first-order chi connectivity index (χ1) is 9.28. The molecule has 3 nitrogen and oxygen atoms in total. The lowest BCUT2D eigenvalue weighted by Gasteiger charge is -2.26. The molecule has 1 aliphatic rings. The standard InChI is InChI=1S/C16H26N2O/c1-2-19-16-5-3-4-14(10-16)12-18-11-13-6-8-15(17)9-7-13/h3-5,10,13,15,18H,2,6-9,11-12,17H2,1H3. The van der Waals surface area contributed by atoms with Crippen molar-refractivity contribution in [2.45, 2.75) is 45.2 Å². The average molecular weight is 262 g/mol. The third kappa shape index (κ3) is 4.84. The van der Waals surface area contributed by atoms with Crippen LogP contribution in [0, 0.1) is 5.92 Å². The molecule has 0 radical (unpaired) electrons. The molecule has 19 heavy (non-hydrogen) atoms. The summed E-state index contributed by atoms with van der Waals surface area (Å²) in [6.07, 6.45) is 4.92. The summed E-state index contributed by atoms with van der Waals surface area (Å²) in [5, 5.41) is 3.56. The average Bonchev–Trinajstić information content (AvgIpc) is 2.42. The van der Waals surface area contributed by atoms with Gasteiger partial charge in [-0.15, -0.1) is 0 Å². The molecule has 1 fully saturated rings. The Morgan fingerprint density at radius 1 is 1.26 bits per heavy atom. The fourth-order valence-corrected chi connectivity index (χ4v) is 2.72. The van der Waals surface area contributed by atoms with Crippen molar-refractivity contribution in [2.75, 3.05) is 13.2 Å². The van der Waals surface area contributed by atoms with Crippen LogP contribution < -0.4 is 15.8 Å². The predicted molar refractivity (Wildman–Crippen MR) is 79.3 cm³/mol. The van der Waals surface area contributed by atoms with Gasteiger partial charge in [-0.1, -0.05) is 12.1 Å². The van der Waals surface area contributed by atoms with Crippen molar-refractivity contribution in [3.8, 4) is 5.75 Å². The summed E-state index contributed by atoms with van der Waals surface area (Å²) in [6.45, 7) is 4.76. The van der Waals surface area contributed by atoms with Gasteiger partial charge in [0.25, 0.3) is 0 Å². The Balaban J connectivity index is 1.71. The molecule has 2 rings (SSSR count). The molecule has 1 saturated carbocycles. The lowest BCUT2D eigenvalue weighted by Crippen LogP contribution is -2.31. The van der Waals surface area contributed by atoms with Crippen LogP contribution in [0.15, 0.2) is 24.3 Å². The van der Waals surface area contributed by atoms with Crippen molar-refractivity contribution in [3.63, 3.8) is 0 Å². The van der Waals surface area contributed by atoms with Gasteiger partial charge in [0, 0.05) is 12.6 Å². The van der Waals surface area contributed by atoms with Gasteiger partial charge in [-0.2, -0.15) is 0 Å². The Morgan fingerprint density at radius 3 is 2.79 bits per heavy atom. The van der Waals surface area contributed by atoms with Gasteiger partial charge in [-0.25, -0.2) is 0 Å². The van der Waals surface area contributed by atoms with Crippen LogP contribution >= 0.6 is 0 Å². The molecule has 1 aliphatic carbocycles. The quantitative estimate of drug-likeness (QED) is 0.828. The molecule has 0 unspecified atom stereocenters. The second-order valence-corrected chi connectivity index (χ2v) is 5.49. The Labute approximate surface area is 116 Å². The van der Waals surface area contributed by atoms with Gasteiger partial charge < -0.3 is 15.8 Å². The number of nitrogens with one attached hydrogen (secondary N) is 1. The van der Waals surface area contributed by atoms with Crippen LogP contribution in [-0.4, -0.2) is 19.2 Å². The fraction of sp³-hybridized carbons (Fsp3) is 0.625. The van der Waals surface area contributed by atoms with E-state index in [1.54, 1.807) is 0 Å². The molecule has 1 aromatic rings. The van der Waals surface area contributed by atoms with Crippen molar-refractivity contribution in [1.82, 2.24) is 5.32 Å². The second-order valence-electron chi connectivity index (χ2n) is 5.49. The van der Waals surface area contributed by atoms with E-state index in [0.29, 0.717) is 6.04 Å². The van der Waals surface area contributed by atoms with Crippen LogP contribution in [0.3, 0.4) is 0 Å². The minimum absolute atomic E-state index is 0.444. The molecular formula is C16H26N2O. The Kier molecular flexibility index (Phi) is 5.67. The molecule has 0 heterocycles. The maximum absolute atomic E-state index is 5.93. The Morgan fingerprint density at radius 2 is 2.05 bits per heavy atom. The van der Waals surface area contributed by atoms with Gasteiger partial charge in [0.15, 0.2) is 0 Å². The van der Waals surface area contributed by atoms with Crippen LogP contribution in [0.5, 0.6) is 5.75 Å². The number of hydrogen-bond acceptors (Lipinski definition) is 3. The number of benzene rings is 1. The number of rotatable bonds is 6. The van der Waals surface area contributed by atoms with Crippen molar-refractivity contribution >= 4 is 0 Å². The van der Waals surface area contributed by atoms with E-state index >= 15 is 0 Å². The number of ether oxygens (including phenoxy) is 1. The SMILES string of the molecule is CCOc1cccc(CNCC2CCC(N)CC2)c1. The summed E-state index contributed by atoms with van der Waals surface area (Å²) in [6, 6.07) is 8.77. The van der Waals surface area contributed by atoms with E-state index < -0.39 is 0 Å². The maximum Gasteiger partial charge on any atom is 0.119 e. The zero-order valence-electron chi connectivity index (χ0n) is 11.9. The largest absolute Gasteiger partial charge is 0.494 e. The van der Waals surface area contributed by atoms with Crippen molar-refractivity contribution in [1.29, 1.82) is 0 Å². The van der Waals surface area contributed by atoms with Crippen LogP contribution in [0.4, 0.5) is 0 Å². The van der Waals surface area contributed by atoms with Gasteiger partial charge in [0.1, 0.15) is 5.75 Å². The molecule has 3 heteroatoms. The molecule has 0 saturated heterocycles. The molecule has 0 aromatic heterocycles. The van der Waals surface area contributed by atoms with Gasteiger partial charge in [0.05, 0.1) is 6.61 Å². The topological polar surface area (TPSA) is 47.3 Å². The normalized spacial score (nSPS) is 23.3. The molecule has 0 bridgehead atoms. The molecule has 106 valence electrons. The van der Waals surface area contributed by atoms with E-state index in [9.17, 15) is 0 Å². The highest BCUT2D eigenvalue weighted by Crippen LogP contribution is 2.22. The van der Waals surface area contributed by atoms with Crippen molar-refractivity contribution in [2.24, 2.45) is 11.7 Å². The Hall–Kier alpha value is -1.06. The zero-order valence-corrected chi connectivity index (χ0v) is 11.9. The summed E-state index contributed by atoms with van der Waals surface area (Å²) in [5.74, 6) is 1.76. The van der Waals surface area contributed by atoms with Gasteiger partial charge in [-0.3, -0.25) is 0 Å². The summed E-state index contributed by atoms with van der Waals surface area (Å²) in [4.78, 5) is 0. The van der Waals surface area contributed by atoms with Gasteiger partial charge >= 0.3 is 0 Å². The molecule has 0 aliphatic heterocycles. The predicted octanol–water partition coefficient (Wildman–Crippen LogP) is 2.69. The molecule has 0 atom stereocenters. The first kappa shape index (κ1) is 14.4. The van der Waals surface area contributed by atoms with Crippen LogP contribution in [0.2, 0.25) is 0 Å². The summed E-state index contributed by atoms with van der Waals surface area (Å²) < 4.78 is 5.51. The summed E-state index contributed by atoms with van der Waals surface area (Å²) in [5.41, 5.74) is 7.22. The number of nitrogens with two attached hydrogens (primary N) is 1. The number of hydrogen-bond donors (Lipinski definition) is 2. The Bertz CT molecular complexity index is 373. The minimum Gasteiger partial charge on any atom is -0.494 e. The highest BCUT2D eigenvalue weighted by atomic mass is 16.5. The van der Waals surface area contributed by atoms with Gasteiger partial charge in [-0.05, 0) is 62.8 Å². The summed E-state index contributed by atoms with van der Waals surface area (Å²) >= 11 is 0. The first-order valence-corrected chi connectivity index (χ1v) is 7.46. The zero-order chi connectivity index (χ0) is 13.5. The molecule has 3 N–H and O–H groups in total. The highest BCUT2D eigenvalue weighted by Gasteiger charge is 2.17. The highest BCUT2D eigenvalue weighted by molar-refractivity contribution is 5.28. The first-order valence-electron chi connectivity index (χ1n) is 7.46. The van der Waals surface area contributed by atoms with Crippen molar-refractivity contribution < 1.29 is 4.74 Å². The molecule has 0 amide bonds. The van der Waals surface area contributed by atoms with E-state index in [1.807, 2.05) is 13.0 Å². The summed E-state index contributed by atoms with van der Waals surface area (Å²) in [7, 11) is 0. The lowest BCUT2D eigenvalue weighted by atomic mass is 9.86. The van der Waals surface area contributed by atoms with Crippen LogP contribution in [0.25, 0.3) is 0 Å². The minimum atomic E-state index is 0.444. The smallest absolute Gasteiger partial charge is 0.119 e. The third-order valence-electron chi connectivity index (χ3n) is 3.86. The van der Waals surface area contributed by atoms with E-state index in [0.717, 1.165) is 31.4 Å².